The van der Waals surface area contributed by atoms with E-state index in [-0.39, 0.29) is 11.9 Å². The van der Waals surface area contributed by atoms with E-state index in [0.717, 1.165) is 16.7 Å². The molecular weight excluding hydrogens is 215 g/mol. The summed E-state index contributed by atoms with van der Waals surface area (Å²) in [5.41, 5.74) is 10.1. The molecule has 1 heterocycles. The number of nitrogens with two attached hydrogens (primary N) is 1. The molecule has 0 amide bonds. The Morgan fingerprint density at radius 3 is 2.59 bits per heavy atom. The summed E-state index contributed by atoms with van der Waals surface area (Å²) in [4.78, 5) is 4.03. The molecule has 0 bridgehead atoms. The molecule has 0 radical (unpaired) electrons. The van der Waals surface area contributed by atoms with Gasteiger partial charge in [-0.05, 0) is 37.1 Å². The molecule has 0 saturated carbocycles. The normalized spacial score (nSPS) is 12.5. The lowest BCUT2D eigenvalue weighted by Gasteiger charge is -2.15. The number of benzene rings is 1. The van der Waals surface area contributed by atoms with E-state index in [9.17, 15) is 4.39 Å². The average molecular weight is 230 g/mol. The Kier molecular flexibility index (Phi) is 3.20. The molecule has 2 aromatic rings. The lowest BCUT2D eigenvalue weighted by molar-refractivity contribution is 0.617. The average Bonchev–Trinajstić information content (AvgIpc) is 2.32. The van der Waals surface area contributed by atoms with Crippen LogP contribution in [0.15, 0.2) is 36.5 Å². The number of pyridine rings is 1. The minimum atomic E-state index is -0.345. The summed E-state index contributed by atoms with van der Waals surface area (Å²) in [5, 5.41) is 0. The van der Waals surface area contributed by atoms with Gasteiger partial charge in [-0.25, -0.2) is 4.39 Å². The minimum Gasteiger partial charge on any atom is -0.319 e. The van der Waals surface area contributed by atoms with Gasteiger partial charge < -0.3 is 5.73 Å². The highest BCUT2D eigenvalue weighted by atomic mass is 19.1. The van der Waals surface area contributed by atoms with Gasteiger partial charge in [0.25, 0.3) is 0 Å². The second kappa shape index (κ2) is 4.63. The topological polar surface area (TPSA) is 38.9 Å². The SMILES string of the molecule is Cc1ccc(C)c(C(N)c2ccc(F)cn2)c1. The highest BCUT2D eigenvalue weighted by Crippen LogP contribution is 2.22. The molecule has 2 rings (SSSR count). The monoisotopic (exact) mass is 230 g/mol. The molecule has 2 nitrogen and oxygen atoms in total. The van der Waals surface area contributed by atoms with Crippen molar-refractivity contribution in [2.75, 3.05) is 0 Å². The Balaban J connectivity index is 2.39. The van der Waals surface area contributed by atoms with E-state index in [2.05, 4.69) is 4.98 Å². The first-order valence-electron chi connectivity index (χ1n) is 5.52. The minimum absolute atomic E-state index is 0.310. The fourth-order valence-corrected chi connectivity index (χ4v) is 1.83. The molecule has 3 heteroatoms. The summed E-state index contributed by atoms with van der Waals surface area (Å²) in [6.45, 7) is 4.03. The van der Waals surface area contributed by atoms with Crippen LogP contribution in [0.5, 0.6) is 0 Å². The van der Waals surface area contributed by atoms with Crippen molar-refractivity contribution in [2.45, 2.75) is 19.9 Å². The molecule has 0 aliphatic heterocycles. The van der Waals surface area contributed by atoms with Gasteiger partial charge in [0.15, 0.2) is 0 Å². The fourth-order valence-electron chi connectivity index (χ4n) is 1.83. The predicted octanol–water partition coefficient (Wildman–Crippen LogP) is 2.89. The Morgan fingerprint density at radius 1 is 1.18 bits per heavy atom. The number of halogens is 1. The summed E-state index contributed by atoms with van der Waals surface area (Å²) in [6, 6.07) is 8.83. The van der Waals surface area contributed by atoms with Gasteiger partial charge in [0.1, 0.15) is 5.82 Å². The van der Waals surface area contributed by atoms with Gasteiger partial charge in [-0.2, -0.15) is 0 Å². The Bertz CT molecular complexity index is 520. The van der Waals surface area contributed by atoms with Gasteiger partial charge in [-0.1, -0.05) is 23.8 Å². The maximum absolute atomic E-state index is 12.8. The van der Waals surface area contributed by atoms with Crippen LogP contribution in [0.3, 0.4) is 0 Å². The van der Waals surface area contributed by atoms with Crippen LogP contribution in [0.25, 0.3) is 0 Å². The fraction of sp³-hybridized carbons (Fsp3) is 0.214. The summed E-state index contributed by atoms with van der Waals surface area (Å²) in [7, 11) is 0. The molecule has 0 fully saturated rings. The quantitative estimate of drug-likeness (QED) is 0.861. The third kappa shape index (κ3) is 2.50. The summed E-state index contributed by atoms with van der Waals surface area (Å²) in [5.74, 6) is -0.345. The second-order valence-corrected chi connectivity index (χ2v) is 4.24. The van der Waals surface area contributed by atoms with Crippen LogP contribution in [-0.2, 0) is 0 Å². The number of rotatable bonds is 2. The standard InChI is InChI=1S/C14H15FN2/c1-9-3-4-10(2)12(7-9)14(16)13-6-5-11(15)8-17-13/h3-8,14H,16H2,1-2H3. The molecule has 17 heavy (non-hydrogen) atoms. The maximum atomic E-state index is 12.8. The van der Waals surface area contributed by atoms with E-state index in [1.807, 2.05) is 32.0 Å². The summed E-state index contributed by atoms with van der Waals surface area (Å²) in [6.07, 6.45) is 1.19. The molecule has 0 spiro atoms. The first kappa shape index (κ1) is 11.7. The number of aromatic nitrogens is 1. The molecule has 0 aliphatic carbocycles. The maximum Gasteiger partial charge on any atom is 0.141 e. The molecule has 88 valence electrons. The third-order valence-electron chi connectivity index (χ3n) is 2.84. The van der Waals surface area contributed by atoms with Crippen molar-refractivity contribution in [3.8, 4) is 0 Å². The van der Waals surface area contributed by atoms with Gasteiger partial charge >= 0.3 is 0 Å². The molecule has 2 N–H and O–H groups in total. The predicted molar refractivity (Wildman–Crippen MR) is 66.1 cm³/mol. The Morgan fingerprint density at radius 2 is 1.94 bits per heavy atom. The molecule has 0 saturated heterocycles. The van der Waals surface area contributed by atoms with Crippen molar-refractivity contribution in [2.24, 2.45) is 5.73 Å². The highest BCUT2D eigenvalue weighted by Gasteiger charge is 2.12. The zero-order chi connectivity index (χ0) is 12.4. The van der Waals surface area contributed by atoms with Gasteiger partial charge in [-0.15, -0.1) is 0 Å². The Hall–Kier alpha value is -1.74. The smallest absolute Gasteiger partial charge is 0.141 e. The number of aryl methyl sites for hydroxylation is 2. The zero-order valence-electron chi connectivity index (χ0n) is 9.94. The molecule has 0 aliphatic rings. The van der Waals surface area contributed by atoms with Gasteiger partial charge in [0.05, 0.1) is 17.9 Å². The molecular formula is C14H15FN2. The first-order chi connectivity index (χ1) is 8.08. The van der Waals surface area contributed by atoms with Gasteiger partial charge in [0, 0.05) is 0 Å². The highest BCUT2D eigenvalue weighted by molar-refractivity contribution is 5.36. The van der Waals surface area contributed by atoms with E-state index in [1.165, 1.54) is 12.3 Å². The first-order valence-corrected chi connectivity index (χ1v) is 5.52. The van der Waals surface area contributed by atoms with Crippen LogP contribution in [0.4, 0.5) is 4.39 Å². The van der Waals surface area contributed by atoms with Crippen molar-refractivity contribution in [3.05, 3.63) is 64.7 Å². The van der Waals surface area contributed by atoms with Crippen LogP contribution >= 0.6 is 0 Å². The van der Waals surface area contributed by atoms with Crippen LogP contribution in [-0.4, -0.2) is 4.98 Å². The summed E-state index contributed by atoms with van der Waals surface area (Å²) >= 11 is 0. The second-order valence-electron chi connectivity index (χ2n) is 4.24. The van der Waals surface area contributed by atoms with E-state index in [0.29, 0.717) is 5.69 Å². The van der Waals surface area contributed by atoms with E-state index < -0.39 is 0 Å². The number of hydrogen-bond donors (Lipinski definition) is 1. The Labute approximate surface area is 100 Å². The van der Waals surface area contributed by atoms with Crippen molar-refractivity contribution in [1.82, 2.24) is 4.98 Å². The lowest BCUT2D eigenvalue weighted by Crippen LogP contribution is -2.15. The van der Waals surface area contributed by atoms with E-state index in [1.54, 1.807) is 6.07 Å². The van der Waals surface area contributed by atoms with E-state index >= 15 is 0 Å². The van der Waals surface area contributed by atoms with Crippen molar-refractivity contribution in [3.63, 3.8) is 0 Å². The van der Waals surface area contributed by atoms with Crippen molar-refractivity contribution < 1.29 is 4.39 Å². The molecule has 1 aromatic heterocycles. The van der Waals surface area contributed by atoms with Gasteiger partial charge in [-0.3, -0.25) is 4.98 Å². The van der Waals surface area contributed by atoms with Crippen LogP contribution in [0, 0.1) is 19.7 Å². The van der Waals surface area contributed by atoms with Crippen LogP contribution in [0.2, 0.25) is 0 Å². The third-order valence-corrected chi connectivity index (χ3v) is 2.84. The van der Waals surface area contributed by atoms with E-state index in [4.69, 9.17) is 5.73 Å². The van der Waals surface area contributed by atoms with Crippen molar-refractivity contribution >= 4 is 0 Å². The molecule has 1 atom stereocenters. The van der Waals surface area contributed by atoms with Crippen molar-refractivity contribution in [1.29, 1.82) is 0 Å². The molecule has 1 aromatic carbocycles. The lowest BCUT2D eigenvalue weighted by atomic mass is 9.97. The molecule has 1 unspecified atom stereocenters. The van der Waals surface area contributed by atoms with Crippen LogP contribution in [0.1, 0.15) is 28.4 Å². The largest absolute Gasteiger partial charge is 0.319 e. The zero-order valence-corrected chi connectivity index (χ0v) is 9.94. The number of hydrogen-bond acceptors (Lipinski definition) is 2. The van der Waals surface area contributed by atoms with Gasteiger partial charge in [0.2, 0.25) is 0 Å². The summed E-state index contributed by atoms with van der Waals surface area (Å²) < 4.78 is 12.8. The number of nitrogens with zero attached hydrogens (tertiary/aromatic N) is 1. The van der Waals surface area contributed by atoms with Crippen LogP contribution < -0.4 is 5.73 Å².